The van der Waals surface area contributed by atoms with Crippen molar-refractivity contribution in [2.24, 2.45) is 5.92 Å². The zero-order chi connectivity index (χ0) is 20.4. The molecule has 1 amide bonds. The number of nitrogens with zero attached hydrogens (tertiary/aromatic N) is 2. The van der Waals surface area contributed by atoms with Gasteiger partial charge in [-0.1, -0.05) is 18.2 Å². The Balaban J connectivity index is 1.48. The maximum absolute atomic E-state index is 13.1. The summed E-state index contributed by atoms with van der Waals surface area (Å²) in [4.78, 5) is 17.2. The van der Waals surface area contributed by atoms with E-state index in [-0.39, 0.29) is 18.4 Å². The van der Waals surface area contributed by atoms with E-state index in [0.29, 0.717) is 11.7 Å². The van der Waals surface area contributed by atoms with Gasteiger partial charge in [-0.15, -0.1) is 0 Å². The molecule has 4 N–H and O–H groups in total. The fourth-order valence-electron chi connectivity index (χ4n) is 4.52. The number of rotatable bonds is 5. The minimum Gasteiger partial charge on any atom is -0.390 e. The number of morpholine rings is 1. The quantitative estimate of drug-likeness (QED) is 0.465. The van der Waals surface area contributed by atoms with Gasteiger partial charge in [0.25, 0.3) is 0 Å². The van der Waals surface area contributed by atoms with Crippen LogP contribution in [0.4, 0.5) is 5.69 Å². The number of benzene rings is 1. The van der Waals surface area contributed by atoms with E-state index in [2.05, 4.69) is 15.5 Å². The summed E-state index contributed by atoms with van der Waals surface area (Å²) in [5.74, 6) is -0.608. The highest BCUT2D eigenvalue weighted by atomic mass is 32.1. The average Bonchev–Trinajstić information content (AvgIpc) is 3.09. The van der Waals surface area contributed by atoms with Crippen molar-refractivity contribution in [3.05, 3.63) is 30.3 Å². The lowest BCUT2D eigenvalue weighted by atomic mass is 9.77. The van der Waals surface area contributed by atoms with Crippen LogP contribution in [-0.4, -0.2) is 89.8 Å². The number of hydrogen-bond acceptors (Lipinski definition) is 6. The van der Waals surface area contributed by atoms with Crippen LogP contribution >= 0.6 is 12.2 Å². The molecule has 2 heterocycles. The van der Waals surface area contributed by atoms with Gasteiger partial charge in [0, 0.05) is 31.9 Å². The summed E-state index contributed by atoms with van der Waals surface area (Å²) in [6, 6.07) is 8.76. The van der Waals surface area contributed by atoms with Crippen LogP contribution in [0.2, 0.25) is 0 Å². The normalized spacial score (nSPS) is 32.6. The maximum Gasteiger partial charge on any atom is 0.225 e. The second kappa shape index (κ2) is 8.93. The molecule has 8 nitrogen and oxygen atoms in total. The lowest BCUT2D eigenvalue weighted by molar-refractivity contribution is -0.131. The van der Waals surface area contributed by atoms with E-state index < -0.39 is 24.2 Å². The average molecular weight is 421 g/mol. The van der Waals surface area contributed by atoms with Gasteiger partial charge in [-0.05, 0) is 30.8 Å². The number of para-hydroxylation sites is 1. The minimum atomic E-state index is -0.982. The van der Waals surface area contributed by atoms with E-state index in [9.17, 15) is 15.0 Å². The fourth-order valence-corrected chi connectivity index (χ4v) is 4.89. The third-order valence-electron chi connectivity index (χ3n) is 6.05. The first-order chi connectivity index (χ1) is 14.1. The molecule has 0 unspecified atom stereocenters. The van der Waals surface area contributed by atoms with Gasteiger partial charge in [0.15, 0.2) is 5.11 Å². The number of aliphatic hydroxyl groups is 2. The zero-order valence-electron chi connectivity index (χ0n) is 16.2. The van der Waals surface area contributed by atoms with Crippen LogP contribution < -0.4 is 15.5 Å². The van der Waals surface area contributed by atoms with E-state index in [1.165, 1.54) is 0 Å². The molecule has 1 aliphatic carbocycles. The number of nitrogens with one attached hydrogen (secondary N) is 2. The van der Waals surface area contributed by atoms with Gasteiger partial charge in [0.05, 0.1) is 37.3 Å². The topological polar surface area (TPSA) is 97.3 Å². The third kappa shape index (κ3) is 4.24. The van der Waals surface area contributed by atoms with E-state index >= 15 is 0 Å². The molecule has 0 aromatic heterocycles. The Bertz CT molecular complexity index is 730. The molecule has 3 fully saturated rings. The number of hydrogen-bond donors (Lipinski definition) is 4. The highest BCUT2D eigenvalue weighted by Crippen LogP contribution is 2.36. The highest BCUT2D eigenvalue weighted by Gasteiger charge is 2.53. The number of ether oxygens (including phenoxy) is 1. The molecule has 2 saturated heterocycles. The summed E-state index contributed by atoms with van der Waals surface area (Å²) in [7, 11) is 0. The number of fused-ring (bicyclic) bond motifs is 1. The first-order valence-electron chi connectivity index (χ1n) is 10.1. The summed E-state index contributed by atoms with van der Waals surface area (Å²) in [5.41, 5.74) is 0.868. The monoisotopic (exact) mass is 420 g/mol. The molecule has 1 aromatic rings. The molecule has 158 valence electrons. The predicted octanol–water partition coefficient (Wildman–Crippen LogP) is -0.692. The zero-order valence-corrected chi connectivity index (χ0v) is 17.1. The standard InChI is InChI=1S/C20H28N4O4S/c25-15-12-14(19(27)21-6-7-23-8-10-28-11-9-23)17-16(18(15)26)22-20(29)24(17)13-4-2-1-3-5-13/h1-5,14-18,25-26H,6-12H2,(H,21,27)(H,22,29)/t14-,15-,16-,17-,18+/m1/s1. The third-order valence-corrected chi connectivity index (χ3v) is 6.36. The van der Waals surface area contributed by atoms with Crippen LogP contribution in [0.3, 0.4) is 0 Å². The highest BCUT2D eigenvalue weighted by molar-refractivity contribution is 7.80. The van der Waals surface area contributed by atoms with Crippen molar-refractivity contribution >= 4 is 28.9 Å². The van der Waals surface area contributed by atoms with Crippen molar-refractivity contribution in [1.82, 2.24) is 15.5 Å². The largest absolute Gasteiger partial charge is 0.390 e. The molecule has 0 radical (unpaired) electrons. The van der Waals surface area contributed by atoms with Gasteiger partial charge in [-0.25, -0.2) is 0 Å². The van der Waals surface area contributed by atoms with Crippen LogP contribution in [0.25, 0.3) is 0 Å². The molecule has 9 heteroatoms. The van der Waals surface area contributed by atoms with Gasteiger partial charge in [0.2, 0.25) is 5.91 Å². The van der Waals surface area contributed by atoms with Crippen molar-refractivity contribution in [3.8, 4) is 0 Å². The lowest BCUT2D eigenvalue weighted by Crippen LogP contribution is -2.61. The number of amides is 1. The van der Waals surface area contributed by atoms with Crippen LogP contribution in [0.5, 0.6) is 0 Å². The summed E-state index contributed by atoms with van der Waals surface area (Å²) >= 11 is 5.51. The summed E-state index contributed by atoms with van der Waals surface area (Å²) < 4.78 is 5.35. The fraction of sp³-hybridized carbons (Fsp3) is 0.600. The molecule has 5 atom stereocenters. The van der Waals surface area contributed by atoms with Crippen LogP contribution in [0.1, 0.15) is 6.42 Å². The summed E-state index contributed by atoms with van der Waals surface area (Å²) in [6.07, 6.45) is -1.76. The van der Waals surface area contributed by atoms with Crippen LogP contribution in [-0.2, 0) is 9.53 Å². The van der Waals surface area contributed by atoms with Gasteiger partial charge in [0.1, 0.15) is 6.10 Å². The lowest BCUT2D eigenvalue weighted by Gasteiger charge is -2.41. The van der Waals surface area contributed by atoms with Crippen molar-refractivity contribution < 1.29 is 19.7 Å². The van der Waals surface area contributed by atoms with Gasteiger partial charge >= 0.3 is 0 Å². The smallest absolute Gasteiger partial charge is 0.225 e. The van der Waals surface area contributed by atoms with Crippen molar-refractivity contribution in [3.63, 3.8) is 0 Å². The Morgan fingerprint density at radius 3 is 2.69 bits per heavy atom. The molecular weight excluding hydrogens is 392 g/mol. The number of thiocarbonyl (C=S) groups is 1. The first-order valence-corrected chi connectivity index (χ1v) is 10.6. The summed E-state index contributed by atoms with van der Waals surface area (Å²) in [6.45, 7) is 4.48. The Morgan fingerprint density at radius 1 is 1.24 bits per heavy atom. The number of anilines is 1. The van der Waals surface area contributed by atoms with Gasteiger partial charge in [-0.2, -0.15) is 0 Å². The number of carbonyl (C=O) groups excluding carboxylic acids is 1. The molecule has 29 heavy (non-hydrogen) atoms. The van der Waals surface area contributed by atoms with E-state index in [4.69, 9.17) is 17.0 Å². The molecule has 1 saturated carbocycles. The molecule has 0 spiro atoms. The van der Waals surface area contributed by atoms with Crippen LogP contribution in [0.15, 0.2) is 30.3 Å². The van der Waals surface area contributed by atoms with Crippen molar-refractivity contribution in [1.29, 1.82) is 0 Å². The SMILES string of the molecule is O=C(NCCN1CCOCC1)[C@@H]1C[C@@H](O)[C@H](O)[C@@H]2NC(=S)N(c3ccccc3)[C@@H]21. The number of aliphatic hydroxyl groups excluding tert-OH is 2. The molecule has 4 rings (SSSR count). The Kier molecular flexibility index (Phi) is 6.31. The molecule has 0 bridgehead atoms. The minimum absolute atomic E-state index is 0.119. The first kappa shape index (κ1) is 20.5. The molecule has 3 aliphatic rings. The van der Waals surface area contributed by atoms with Gasteiger partial charge < -0.3 is 30.5 Å². The Morgan fingerprint density at radius 2 is 1.97 bits per heavy atom. The van der Waals surface area contributed by atoms with Gasteiger partial charge in [-0.3, -0.25) is 9.69 Å². The molecule has 1 aromatic carbocycles. The Labute approximate surface area is 175 Å². The van der Waals surface area contributed by atoms with Crippen molar-refractivity contribution in [2.75, 3.05) is 44.3 Å². The van der Waals surface area contributed by atoms with Crippen molar-refractivity contribution in [2.45, 2.75) is 30.7 Å². The molecule has 2 aliphatic heterocycles. The predicted molar refractivity (Wildman–Crippen MR) is 113 cm³/mol. The van der Waals surface area contributed by atoms with E-state index in [0.717, 1.165) is 38.5 Å². The second-order valence-electron chi connectivity index (χ2n) is 7.82. The number of carbonyl (C=O) groups is 1. The second-order valence-corrected chi connectivity index (χ2v) is 8.20. The van der Waals surface area contributed by atoms with Crippen LogP contribution in [0, 0.1) is 5.92 Å². The summed E-state index contributed by atoms with van der Waals surface area (Å²) in [5, 5.41) is 27.5. The molecular formula is C20H28N4O4S. The maximum atomic E-state index is 13.1. The van der Waals surface area contributed by atoms with E-state index in [1.54, 1.807) is 0 Å². The van der Waals surface area contributed by atoms with E-state index in [1.807, 2.05) is 35.2 Å². The Hall–Kier alpha value is -1.78.